The number of rotatable bonds is 5. The third-order valence-electron chi connectivity index (χ3n) is 2.35. The first-order valence-electron chi connectivity index (χ1n) is 5.16. The van der Waals surface area contributed by atoms with E-state index in [1.807, 2.05) is 11.8 Å². The molecule has 80 valence electrons. The summed E-state index contributed by atoms with van der Waals surface area (Å²) in [6.07, 6.45) is 1.69. The molecule has 0 aliphatic carbocycles. The Balaban J connectivity index is 2.14. The van der Waals surface area contributed by atoms with Gasteiger partial charge in [-0.2, -0.15) is 28.8 Å². The van der Waals surface area contributed by atoms with E-state index >= 15 is 0 Å². The predicted molar refractivity (Wildman–Crippen MR) is 65.9 cm³/mol. The molecule has 0 aromatic carbocycles. The number of nitrogens with one attached hydrogen (secondary N) is 1. The second kappa shape index (κ2) is 7.44. The van der Waals surface area contributed by atoms with Gasteiger partial charge in [-0.15, -0.1) is 0 Å². The van der Waals surface area contributed by atoms with Crippen molar-refractivity contribution in [2.75, 3.05) is 23.8 Å². The molecule has 2 unspecified atom stereocenters. The van der Waals surface area contributed by atoms with Crippen molar-refractivity contribution in [2.45, 2.75) is 31.1 Å². The summed E-state index contributed by atoms with van der Waals surface area (Å²) in [7, 11) is 0. The Kier molecular flexibility index (Phi) is 6.50. The SMILES string of the molecule is CCC(CC#N)NCC1CSCCS1. The zero-order valence-corrected chi connectivity index (χ0v) is 10.3. The van der Waals surface area contributed by atoms with Crippen LogP contribution in [0.1, 0.15) is 19.8 Å². The van der Waals surface area contributed by atoms with Crippen molar-refractivity contribution in [2.24, 2.45) is 0 Å². The van der Waals surface area contributed by atoms with Crippen LogP contribution in [0.4, 0.5) is 0 Å². The molecule has 2 atom stereocenters. The summed E-state index contributed by atoms with van der Waals surface area (Å²) in [5.74, 6) is 3.85. The van der Waals surface area contributed by atoms with Gasteiger partial charge >= 0.3 is 0 Å². The summed E-state index contributed by atoms with van der Waals surface area (Å²) in [5.41, 5.74) is 0. The fourth-order valence-corrected chi connectivity index (χ4v) is 4.05. The van der Waals surface area contributed by atoms with Gasteiger partial charge in [-0.25, -0.2) is 0 Å². The second-order valence-corrected chi connectivity index (χ2v) is 6.00. The zero-order valence-electron chi connectivity index (χ0n) is 8.66. The Bertz CT molecular complexity index is 185. The lowest BCUT2D eigenvalue weighted by Gasteiger charge is -2.23. The maximum Gasteiger partial charge on any atom is 0.0638 e. The summed E-state index contributed by atoms with van der Waals surface area (Å²) in [6, 6.07) is 2.63. The fraction of sp³-hybridized carbons (Fsp3) is 0.900. The Morgan fingerprint density at radius 3 is 3.00 bits per heavy atom. The first-order chi connectivity index (χ1) is 6.86. The van der Waals surface area contributed by atoms with Gasteiger partial charge in [0.2, 0.25) is 0 Å². The number of thioether (sulfide) groups is 2. The molecule has 0 saturated carbocycles. The summed E-state index contributed by atoms with van der Waals surface area (Å²) in [4.78, 5) is 0. The van der Waals surface area contributed by atoms with Crippen LogP contribution in [0.5, 0.6) is 0 Å². The minimum atomic E-state index is 0.396. The van der Waals surface area contributed by atoms with Crippen molar-refractivity contribution in [1.82, 2.24) is 5.32 Å². The largest absolute Gasteiger partial charge is 0.312 e. The lowest BCUT2D eigenvalue weighted by Crippen LogP contribution is -2.36. The molecular weight excluding hydrogens is 212 g/mol. The third-order valence-corrected chi connectivity index (χ3v) is 5.19. The molecule has 1 saturated heterocycles. The van der Waals surface area contributed by atoms with Gasteiger partial charge in [0.1, 0.15) is 0 Å². The first-order valence-corrected chi connectivity index (χ1v) is 7.36. The van der Waals surface area contributed by atoms with Gasteiger partial charge in [0.15, 0.2) is 0 Å². The minimum absolute atomic E-state index is 0.396. The van der Waals surface area contributed by atoms with Gasteiger partial charge < -0.3 is 5.32 Å². The molecule has 0 aromatic heterocycles. The summed E-state index contributed by atoms with van der Waals surface area (Å²) >= 11 is 4.12. The number of nitrogens with zero attached hydrogens (tertiary/aromatic N) is 1. The summed E-state index contributed by atoms with van der Waals surface area (Å²) in [5, 5.41) is 12.8. The third kappa shape index (κ3) is 4.59. The maximum atomic E-state index is 8.61. The van der Waals surface area contributed by atoms with E-state index in [0.29, 0.717) is 12.5 Å². The van der Waals surface area contributed by atoms with Crippen LogP contribution in [0.25, 0.3) is 0 Å². The number of nitriles is 1. The van der Waals surface area contributed by atoms with Crippen LogP contribution in [0.2, 0.25) is 0 Å². The molecule has 0 amide bonds. The van der Waals surface area contributed by atoms with E-state index in [-0.39, 0.29) is 0 Å². The van der Waals surface area contributed by atoms with Crippen LogP contribution in [0.3, 0.4) is 0 Å². The van der Waals surface area contributed by atoms with E-state index in [1.165, 1.54) is 17.3 Å². The van der Waals surface area contributed by atoms with E-state index in [1.54, 1.807) is 0 Å². The molecule has 1 N–H and O–H groups in total. The Morgan fingerprint density at radius 1 is 1.57 bits per heavy atom. The monoisotopic (exact) mass is 230 g/mol. The van der Waals surface area contributed by atoms with Crippen LogP contribution in [-0.2, 0) is 0 Å². The molecule has 4 heteroatoms. The fourth-order valence-electron chi connectivity index (χ4n) is 1.42. The van der Waals surface area contributed by atoms with Crippen LogP contribution in [0.15, 0.2) is 0 Å². The Labute approximate surface area is 95.2 Å². The molecule has 0 spiro atoms. The molecule has 2 nitrogen and oxygen atoms in total. The van der Waals surface area contributed by atoms with E-state index in [0.717, 1.165) is 18.2 Å². The van der Waals surface area contributed by atoms with E-state index in [4.69, 9.17) is 5.26 Å². The Morgan fingerprint density at radius 2 is 2.43 bits per heavy atom. The molecule has 1 fully saturated rings. The lowest BCUT2D eigenvalue weighted by molar-refractivity contribution is 0.509. The van der Waals surface area contributed by atoms with Crippen molar-refractivity contribution in [1.29, 1.82) is 5.26 Å². The molecule has 1 aliphatic rings. The normalized spacial score (nSPS) is 24.1. The first kappa shape index (κ1) is 12.2. The molecule has 14 heavy (non-hydrogen) atoms. The average molecular weight is 230 g/mol. The maximum absolute atomic E-state index is 8.61. The molecule has 0 radical (unpaired) electrons. The highest BCUT2D eigenvalue weighted by molar-refractivity contribution is 8.06. The molecule has 1 heterocycles. The molecule has 0 aromatic rings. The van der Waals surface area contributed by atoms with Crippen molar-refractivity contribution >= 4 is 23.5 Å². The summed E-state index contributed by atoms with van der Waals surface area (Å²) < 4.78 is 0. The van der Waals surface area contributed by atoms with Gasteiger partial charge in [-0.3, -0.25) is 0 Å². The van der Waals surface area contributed by atoms with Crippen LogP contribution in [-0.4, -0.2) is 35.1 Å². The van der Waals surface area contributed by atoms with Gasteiger partial charge in [0.05, 0.1) is 12.5 Å². The van der Waals surface area contributed by atoms with Crippen LogP contribution >= 0.6 is 23.5 Å². The zero-order chi connectivity index (χ0) is 10.2. The van der Waals surface area contributed by atoms with Crippen molar-refractivity contribution in [3.05, 3.63) is 0 Å². The highest BCUT2D eigenvalue weighted by atomic mass is 32.2. The van der Waals surface area contributed by atoms with Gasteiger partial charge in [-0.1, -0.05) is 6.92 Å². The van der Waals surface area contributed by atoms with Crippen molar-refractivity contribution in [3.63, 3.8) is 0 Å². The van der Waals surface area contributed by atoms with E-state index in [2.05, 4.69) is 30.1 Å². The average Bonchev–Trinajstić information content (AvgIpc) is 2.25. The Hall–Kier alpha value is 0.150. The quantitative estimate of drug-likeness (QED) is 0.785. The summed E-state index contributed by atoms with van der Waals surface area (Å²) in [6.45, 7) is 3.20. The topological polar surface area (TPSA) is 35.8 Å². The molecule has 1 rings (SSSR count). The smallest absolute Gasteiger partial charge is 0.0638 e. The van der Waals surface area contributed by atoms with Crippen LogP contribution in [0, 0.1) is 11.3 Å². The highest BCUT2D eigenvalue weighted by Crippen LogP contribution is 2.23. The number of hydrogen-bond acceptors (Lipinski definition) is 4. The van der Waals surface area contributed by atoms with Crippen molar-refractivity contribution < 1.29 is 0 Å². The minimum Gasteiger partial charge on any atom is -0.312 e. The second-order valence-electron chi connectivity index (χ2n) is 3.44. The molecular formula is C10H18N2S2. The van der Waals surface area contributed by atoms with Gasteiger partial charge in [-0.05, 0) is 6.42 Å². The van der Waals surface area contributed by atoms with E-state index < -0.39 is 0 Å². The molecule has 0 bridgehead atoms. The number of hydrogen-bond donors (Lipinski definition) is 1. The van der Waals surface area contributed by atoms with Crippen molar-refractivity contribution in [3.8, 4) is 6.07 Å². The predicted octanol–water partition coefficient (Wildman–Crippen LogP) is 2.12. The highest BCUT2D eigenvalue weighted by Gasteiger charge is 2.15. The standard InChI is InChI=1S/C10H18N2S2/c1-2-9(3-4-11)12-7-10-8-13-5-6-14-10/h9-10,12H,2-3,5-8H2,1H3. The van der Waals surface area contributed by atoms with Gasteiger partial charge in [0.25, 0.3) is 0 Å². The lowest BCUT2D eigenvalue weighted by atomic mass is 10.1. The molecule has 1 aliphatic heterocycles. The van der Waals surface area contributed by atoms with Crippen LogP contribution < -0.4 is 5.32 Å². The van der Waals surface area contributed by atoms with Gasteiger partial charge in [0, 0.05) is 35.1 Å². The van der Waals surface area contributed by atoms with E-state index in [9.17, 15) is 0 Å².